The number of aryl methyl sites for hydroxylation is 1. The van der Waals surface area contributed by atoms with Gasteiger partial charge in [-0.2, -0.15) is 0 Å². The smallest absolute Gasteiger partial charge is 0.150 e. The number of hydrogen-bond acceptors (Lipinski definition) is 3. The summed E-state index contributed by atoms with van der Waals surface area (Å²) in [6.07, 6.45) is 6.56. The fourth-order valence-electron chi connectivity index (χ4n) is 3.60. The number of anilines is 1. The average Bonchev–Trinajstić information content (AvgIpc) is 3.01. The second-order valence-corrected chi connectivity index (χ2v) is 6.12. The third kappa shape index (κ3) is 2.73. The summed E-state index contributed by atoms with van der Waals surface area (Å²) in [4.78, 5) is 16.0. The van der Waals surface area contributed by atoms with Gasteiger partial charge in [-0.1, -0.05) is 12.8 Å². The van der Waals surface area contributed by atoms with Crippen molar-refractivity contribution < 1.29 is 4.79 Å². The number of piperazine rings is 1. The van der Waals surface area contributed by atoms with Gasteiger partial charge in [0.05, 0.1) is 0 Å². The highest BCUT2D eigenvalue weighted by molar-refractivity contribution is 5.78. The van der Waals surface area contributed by atoms with Crippen LogP contribution in [-0.4, -0.2) is 43.4 Å². The first-order valence-electron chi connectivity index (χ1n) is 7.83. The summed E-state index contributed by atoms with van der Waals surface area (Å²) in [6, 6.07) is 7.02. The minimum absolute atomic E-state index is 0.804. The molecule has 3 rings (SSSR count). The second kappa shape index (κ2) is 5.96. The van der Waals surface area contributed by atoms with E-state index >= 15 is 0 Å². The molecule has 1 aromatic carbocycles. The Morgan fingerprint density at radius 3 is 2.40 bits per heavy atom. The normalized spacial score (nSPS) is 21.4. The van der Waals surface area contributed by atoms with Gasteiger partial charge in [-0.15, -0.1) is 0 Å². The molecule has 20 heavy (non-hydrogen) atoms. The van der Waals surface area contributed by atoms with E-state index < -0.39 is 0 Å². The van der Waals surface area contributed by atoms with Crippen molar-refractivity contribution in [2.45, 2.75) is 38.6 Å². The minimum atomic E-state index is 0.804. The van der Waals surface area contributed by atoms with Gasteiger partial charge in [0.25, 0.3) is 0 Å². The molecule has 0 spiro atoms. The van der Waals surface area contributed by atoms with Crippen molar-refractivity contribution in [3.8, 4) is 0 Å². The maximum absolute atomic E-state index is 10.9. The van der Waals surface area contributed by atoms with Crippen molar-refractivity contribution in [2.24, 2.45) is 0 Å². The molecule has 1 saturated heterocycles. The van der Waals surface area contributed by atoms with Crippen LogP contribution in [0.25, 0.3) is 0 Å². The maximum Gasteiger partial charge on any atom is 0.150 e. The topological polar surface area (TPSA) is 23.6 Å². The molecular weight excluding hydrogens is 248 g/mol. The molecule has 2 fully saturated rings. The van der Waals surface area contributed by atoms with E-state index in [1.807, 2.05) is 13.0 Å². The van der Waals surface area contributed by atoms with Crippen LogP contribution >= 0.6 is 0 Å². The Morgan fingerprint density at radius 2 is 1.80 bits per heavy atom. The summed E-state index contributed by atoms with van der Waals surface area (Å²) in [6.45, 7) is 6.59. The molecule has 0 bridgehead atoms. The Kier molecular flexibility index (Phi) is 4.06. The summed E-state index contributed by atoms with van der Waals surface area (Å²) in [5.74, 6) is 0. The molecule has 0 aromatic heterocycles. The molecule has 0 radical (unpaired) electrons. The molecule has 0 atom stereocenters. The molecule has 1 aromatic rings. The number of hydrogen-bond donors (Lipinski definition) is 0. The van der Waals surface area contributed by atoms with Crippen LogP contribution in [0.3, 0.4) is 0 Å². The van der Waals surface area contributed by atoms with E-state index in [9.17, 15) is 4.79 Å². The monoisotopic (exact) mass is 272 g/mol. The van der Waals surface area contributed by atoms with Crippen molar-refractivity contribution in [3.63, 3.8) is 0 Å². The second-order valence-electron chi connectivity index (χ2n) is 6.12. The summed E-state index contributed by atoms with van der Waals surface area (Å²) in [5, 5.41) is 0. The summed E-state index contributed by atoms with van der Waals surface area (Å²) in [7, 11) is 0. The van der Waals surface area contributed by atoms with Crippen molar-refractivity contribution in [2.75, 3.05) is 31.1 Å². The fraction of sp³-hybridized carbons (Fsp3) is 0.588. The quantitative estimate of drug-likeness (QED) is 0.791. The van der Waals surface area contributed by atoms with Gasteiger partial charge in [0.15, 0.2) is 0 Å². The first kappa shape index (κ1) is 13.6. The molecular formula is C17H24N2O. The largest absolute Gasteiger partial charge is 0.369 e. The van der Waals surface area contributed by atoms with Crippen molar-refractivity contribution in [1.82, 2.24) is 4.90 Å². The van der Waals surface area contributed by atoms with Gasteiger partial charge < -0.3 is 4.90 Å². The predicted molar refractivity (Wildman–Crippen MR) is 82.6 cm³/mol. The number of carbonyl (C=O) groups is 1. The highest BCUT2D eigenvalue weighted by Crippen LogP contribution is 2.26. The summed E-state index contributed by atoms with van der Waals surface area (Å²) in [5.41, 5.74) is 3.15. The SMILES string of the molecule is Cc1cc(N2CCN(C3CCCC3)CC2)ccc1C=O. The van der Waals surface area contributed by atoms with E-state index in [0.29, 0.717) is 0 Å². The Morgan fingerprint density at radius 1 is 1.10 bits per heavy atom. The number of benzene rings is 1. The van der Waals surface area contributed by atoms with Gasteiger partial charge >= 0.3 is 0 Å². The van der Waals surface area contributed by atoms with E-state index in [1.165, 1.54) is 44.5 Å². The number of aldehydes is 1. The number of nitrogens with zero attached hydrogens (tertiary/aromatic N) is 2. The lowest BCUT2D eigenvalue weighted by Gasteiger charge is -2.39. The fourth-order valence-corrected chi connectivity index (χ4v) is 3.60. The molecule has 2 aliphatic rings. The number of rotatable bonds is 3. The molecule has 3 nitrogen and oxygen atoms in total. The lowest BCUT2D eigenvalue weighted by atomic mass is 10.1. The molecule has 1 aliphatic heterocycles. The van der Waals surface area contributed by atoms with Crippen LogP contribution in [0.4, 0.5) is 5.69 Å². The van der Waals surface area contributed by atoms with Gasteiger partial charge in [-0.25, -0.2) is 0 Å². The molecule has 1 saturated carbocycles. The number of carbonyl (C=O) groups excluding carboxylic acids is 1. The average molecular weight is 272 g/mol. The van der Waals surface area contributed by atoms with Gasteiger partial charge in [-0.05, 0) is 43.5 Å². The standard InChI is InChI=1S/C17H24N2O/c1-14-12-17(7-6-15(14)13-20)19-10-8-18(9-11-19)16-4-2-3-5-16/h6-7,12-13,16H,2-5,8-11H2,1H3. The maximum atomic E-state index is 10.9. The van der Waals surface area contributed by atoms with E-state index in [-0.39, 0.29) is 0 Å². The molecule has 0 unspecified atom stereocenters. The predicted octanol–water partition coefficient (Wildman–Crippen LogP) is 2.87. The molecule has 1 aliphatic carbocycles. The van der Waals surface area contributed by atoms with Crippen molar-refractivity contribution in [1.29, 1.82) is 0 Å². The zero-order chi connectivity index (χ0) is 13.9. The van der Waals surface area contributed by atoms with Crippen LogP contribution in [0.5, 0.6) is 0 Å². The Balaban J connectivity index is 1.62. The van der Waals surface area contributed by atoms with E-state index in [4.69, 9.17) is 0 Å². The van der Waals surface area contributed by atoms with E-state index in [2.05, 4.69) is 21.9 Å². The van der Waals surface area contributed by atoms with Crippen LogP contribution < -0.4 is 4.90 Å². The van der Waals surface area contributed by atoms with E-state index in [0.717, 1.165) is 36.5 Å². The van der Waals surface area contributed by atoms with Crippen molar-refractivity contribution >= 4 is 12.0 Å². The highest BCUT2D eigenvalue weighted by Gasteiger charge is 2.26. The molecule has 3 heteroatoms. The molecule has 108 valence electrons. The van der Waals surface area contributed by atoms with Crippen LogP contribution in [-0.2, 0) is 0 Å². The lowest BCUT2D eigenvalue weighted by molar-refractivity contribution is 0.112. The zero-order valence-electron chi connectivity index (χ0n) is 12.3. The van der Waals surface area contributed by atoms with Crippen LogP contribution in [0.1, 0.15) is 41.6 Å². The molecule has 1 heterocycles. The Hall–Kier alpha value is -1.35. The third-order valence-electron chi connectivity index (χ3n) is 4.90. The van der Waals surface area contributed by atoms with Gasteiger partial charge in [0.1, 0.15) is 6.29 Å². The van der Waals surface area contributed by atoms with E-state index in [1.54, 1.807) is 0 Å². The third-order valence-corrected chi connectivity index (χ3v) is 4.90. The van der Waals surface area contributed by atoms with Gasteiger partial charge in [0, 0.05) is 43.5 Å². The Labute approximate surface area is 121 Å². The highest BCUT2D eigenvalue weighted by atomic mass is 16.1. The van der Waals surface area contributed by atoms with Crippen LogP contribution in [0.15, 0.2) is 18.2 Å². The minimum Gasteiger partial charge on any atom is -0.369 e. The summed E-state index contributed by atoms with van der Waals surface area (Å²) >= 11 is 0. The van der Waals surface area contributed by atoms with Gasteiger partial charge in [0.2, 0.25) is 0 Å². The molecule has 0 amide bonds. The first-order valence-corrected chi connectivity index (χ1v) is 7.83. The van der Waals surface area contributed by atoms with Crippen LogP contribution in [0.2, 0.25) is 0 Å². The van der Waals surface area contributed by atoms with Gasteiger partial charge in [-0.3, -0.25) is 9.69 Å². The Bertz CT molecular complexity index is 472. The molecule has 0 N–H and O–H groups in total. The first-order chi connectivity index (χ1) is 9.78. The van der Waals surface area contributed by atoms with Crippen LogP contribution in [0, 0.1) is 6.92 Å². The van der Waals surface area contributed by atoms with Crippen molar-refractivity contribution in [3.05, 3.63) is 29.3 Å². The summed E-state index contributed by atoms with van der Waals surface area (Å²) < 4.78 is 0. The zero-order valence-corrected chi connectivity index (χ0v) is 12.3. The lowest BCUT2D eigenvalue weighted by Crippen LogP contribution is -2.49.